The molecule has 1 aliphatic rings. The highest BCUT2D eigenvalue weighted by Gasteiger charge is 2.41. The fraction of sp³-hybridized carbons (Fsp3) is 1.00. The highest BCUT2D eigenvalue weighted by molar-refractivity contribution is 4.96. The van der Waals surface area contributed by atoms with Crippen molar-refractivity contribution in [2.45, 2.75) is 51.2 Å². The van der Waals surface area contributed by atoms with Crippen molar-refractivity contribution in [2.75, 3.05) is 27.3 Å². The van der Waals surface area contributed by atoms with E-state index in [2.05, 4.69) is 32.8 Å². The fourth-order valence-corrected chi connectivity index (χ4v) is 3.04. The first kappa shape index (κ1) is 13.9. The molecule has 16 heavy (non-hydrogen) atoms. The molecule has 3 nitrogen and oxygen atoms in total. The maximum Gasteiger partial charge on any atom is 0.0753 e. The molecule has 96 valence electrons. The number of hydrogen-bond acceptors (Lipinski definition) is 3. The first-order valence-electron chi connectivity index (χ1n) is 6.51. The van der Waals surface area contributed by atoms with Gasteiger partial charge in [0, 0.05) is 18.8 Å². The van der Waals surface area contributed by atoms with Gasteiger partial charge in [-0.25, -0.2) is 0 Å². The van der Waals surface area contributed by atoms with E-state index in [0.29, 0.717) is 5.92 Å². The monoisotopic (exact) mass is 229 g/mol. The molecule has 1 unspecified atom stereocenters. The van der Waals surface area contributed by atoms with Gasteiger partial charge in [-0.1, -0.05) is 13.8 Å². The van der Waals surface area contributed by atoms with E-state index in [1.165, 1.54) is 0 Å². The van der Waals surface area contributed by atoms with E-state index in [-0.39, 0.29) is 11.6 Å². The van der Waals surface area contributed by atoms with Crippen LogP contribution < -0.4 is 0 Å². The minimum absolute atomic E-state index is 0.0675. The summed E-state index contributed by atoms with van der Waals surface area (Å²) in [5, 5.41) is 10.7. The normalized spacial score (nSPS) is 21.4. The van der Waals surface area contributed by atoms with Crippen molar-refractivity contribution in [2.24, 2.45) is 5.92 Å². The molecule has 0 spiro atoms. The van der Waals surface area contributed by atoms with Crippen molar-refractivity contribution in [3.05, 3.63) is 0 Å². The van der Waals surface area contributed by atoms with Gasteiger partial charge in [0.25, 0.3) is 0 Å². The Morgan fingerprint density at radius 2 is 1.75 bits per heavy atom. The molecule has 1 N–H and O–H groups in total. The molecule has 1 atom stereocenters. The first-order valence-corrected chi connectivity index (χ1v) is 6.51. The number of nitrogens with zero attached hydrogens (tertiary/aromatic N) is 1. The minimum atomic E-state index is -0.235. The third kappa shape index (κ3) is 2.58. The zero-order valence-electron chi connectivity index (χ0n) is 11.2. The molecule has 1 aliphatic heterocycles. The molecule has 0 aromatic rings. The molecule has 0 bridgehead atoms. The Morgan fingerprint density at radius 1 is 1.25 bits per heavy atom. The van der Waals surface area contributed by atoms with E-state index in [9.17, 15) is 5.11 Å². The summed E-state index contributed by atoms with van der Waals surface area (Å²) in [6.45, 7) is 5.95. The summed E-state index contributed by atoms with van der Waals surface area (Å²) in [7, 11) is 4.16. The van der Waals surface area contributed by atoms with E-state index < -0.39 is 0 Å². The van der Waals surface area contributed by atoms with Crippen LogP contribution in [0.1, 0.15) is 39.5 Å². The van der Waals surface area contributed by atoms with Crippen molar-refractivity contribution in [3.63, 3.8) is 0 Å². The van der Waals surface area contributed by atoms with Crippen LogP contribution in [-0.4, -0.2) is 49.0 Å². The predicted molar refractivity (Wildman–Crippen MR) is 66.5 cm³/mol. The molecule has 0 aromatic heterocycles. The van der Waals surface area contributed by atoms with Crippen molar-refractivity contribution in [1.82, 2.24) is 4.90 Å². The number of aliphatic hydroxyl groups excluding tert-OH is 1. The van der Waals surface area contributed by atoms with E-state index >= 15 is 0 Å². The van der Waals surface area contributed by atoms with Crippen LogP contribution >= 0.6 is 0 Å². The average molecular weight is 229 g/mol. The van der Waals surface area contributed by atoms with Gasteiger partial charge < -0.3 is 14.7 Å². The maximum atomic E-state index is 10.7. The van der Waals surface area contributed by atoms with Gasteiger partial charge >= 0.3 is 0 Å². The first-order chi connectivity index (χ1) is 7.58. The average Bonchev–Trinajstić information content (AvgIpc) is 2.32. The summed E-state index contributed by atoms with van der Waals surface area (Å²) in [6, 6.07) is 0. The van der Waals surface area contributed by atoms with E-state index in [0.717, 1.165) is 38.9 Å². The number of hydrogen-bond donors (Lipinski definition) is 1. The van der Waals surface area contributed by atoms with E-state index in [4.69, 9.17) is 4.74 Å². The van der Waals surface area contributed by atoms with Gasteiger partial charge in [-0.15, -0.1) is 0 Å². The van der Waals surface area contributed by atoms with Crippen LogP contribution in [-0.2, 0) is 4.74 Å². The number of ether oxygens (including phenoxy) is 1. The quantitative estimate of drug-likeness (QED) is 0.781. The Labute approximate surface area is 99.8 Å². The standard InChI is InChI=1S/C13H27NO2/c1-5-13(6-2,14(3)4)12(15)11-7-9-16-10-8-11/h11-12,15H,5-10H2,1-4H3. The Bertz CT molecular complexity index is 196. The smallest absolute Gasteiger partial charge is 0.0753 e. The SMILES string of the molecule is CCC(CC)(C(O)C1CCOCC1)N(C)C. The van der Waals surface area contributed by atoms with Crippen LogP contribution in [0.5, 0.6) is 0 Å². The summed E-state index contributed by atoms with van der Waals surface area (Å²) < 4.78 is 5.37. The van der Waals surface area contributed by atoms with E-state index in [1.54, 1.807) is 0 Å². The number of rotatable bonds is 5. The molecule has 0 saturated carbocycles. The van der Waals surface area contributed by atoms with Crippen molar-refractivity contribution in [3.8, 4) is 0 Å². The zero-order chi connectivity index (χ0) is 12.2. The molecule has 1 saturated heterocycles. The molecule has 1 fully saturated rings. The highest BCUT2D eigenvalue weighted by atomic mass is 16.5. The van der Waals surface area contributed by atoms with Gasteiger partial charge in [-0.3, -0.25) is 0 Å². The lowest BCUT2D eigenvalue weighted by molar-refractivity contribution is -0.0752. The van der Waals surface area contributed by atoms with E-state index in [1.807, 2.05) is 0 Å². The largest absolute Gasteiger partial charge is 0.391 e. The van der Waals surface area contributed by atoms with Crippen molar-refractivity contribution in [1.29, 1.82) is 0 Å². The Hall–Kier alpha value is -0.120. The third-order valence-corrected chi connectivity index (χ3v) is 4.38. The van der Waals surface area contributed by atoms with Crippen LogP contribution in [0.3, 0.4) is 0 Å². The second-order valence-corrected chi connectivity index (χ2v) is 5.10. The molecule has 0 amide bonds. The third-order valence-electron chi connectivity index (χ3n) is 4.38. The Kier molecular flexibility index (Phi) is 5.22. The molecular formula is C13H27NO2. The molecule has 0 radical (unpaired) electrons. The fourth-order valence-electron chi connectivity index (χ4n) is 3.04. The summed E-state index contributed by atoms with van der Waals surface area (Å²) in [4.78, 5) is 2.20. The summed E-state index contributed by atoms with van der Waals surface area (Å²) in [5.74, 6) is 0.399. The lowest BCUT2D eigenvalue weighted by Gasteiger charge is -2.46. The van der Waals surface area contributed by atoms with Gasteiger partial charge in [0.15, 0.2) is 0 Å². The number of likely N-dealkylation sites (N-methyl/N-ethyl adjacent to an activating group) is 1. The topological polar surface area (TPSA) is 32.7 Å². The summed E-state index contributed by atoms with van der Waals surface area (Å²) in [6.07, 6.45) is 3.75. The van der Waals surface area contributed by atoms with Gasteiger partial charge in [-0.2, -0.15) is 0 Å². The summed E-state index contributed by atoms with van der Waals surface area (Å²) in [5.41, 5.74) is -0.0675. The second kappa shape index (κ2) is 5.99. The highest BCUT2D eigenvalue weighted by Crippen LogP contribution is 2.33. The molecular weight excluding hydrogens is 202 g/mol. The molecule has 1 rings (SSSR count). The second-order valence-electron chi connectivity index (χ2n) is 5.10. The predicted octanol–water partition coefficient (Wildman–Crippen LogP) is 1.89. The minimum Gasteiger partial charge on any atom is -0.391 e. The van der Waals surface area contributed by atoms with Crippen molar-refractivity contribution < 1.29 is 9.84 Å². The Balaban J connectivity index is 2.76. The Morgan fingerprint density at radius 3 is 2.12 bits per heavy atom. The molecule has 0 aromatic carbocycles. The zero-order valence-corrected chi connectivity index (χ0v) is 11.2. The summed E-state index contributed by atoms with van der Waals surface area (Å²) >= 11 is 0. The lowest BCUT2D eigenvalue weighted by Crippen LogP contribution is -2.56. The van der Waals surface area contributed by atoms with Gasteiger partial charge in [0.2, 0.25) is 0 Å². The van der Waals surface area contributed by atoms with Crippen molar-refractivity contribution >= 4 is 0 Å². The van der Waals surface area contributed by atoms with Gasteiger partial charge in [0.05, 0.1) is 6.10 Å². The van der Waals surface area contributed by atoms with Gasteiger partial charge in [0.1, 0.15) is 0 Å². The van der Waals surface area contributed by atoms with Crippen LogP contribution in [0.25, 0.3) is 0 Å². The molecule has 0 aliphatic carbocycles. The van der Waals surface area contributed by atoms with Crippen LogP contribution in [0, 0.1) is 5.92 Å². The lowest BCUT2D eigenvalue weighted by atomic mass is 9.76. The maximum absolute atomic E-state index is 10.7. The van der Waals surface area contributed by atoms with Crippen LogP contribution in [0.2, 0.25) is 0 Å². The number of aliphatic hydroxyl groups is 1. The van der Waals surface area contributed by atoms with Crippen LogP contribution in [0.15, 0.2) is 0 Å². The van der Waals surface area contributed by atoms with Gasteiger partial charge in [-0.05, 0) is 45.7 Å². The van der Waals surface area contributed by atoms with Crippen LogP contribution in [0.4, 0.5) is 0 Å². The molecule has 3 heteroatoms. The molecule has 1 heterocycles.